The molecular weight excluding hydrogens is 209 g/mol. The second-order valence-electron chi connectivity index (χ2n) is 3.24. The molecule has 1 heterocycles. The first kappa shape index (κ1) is 10.4. The molecule has 0 saturated carbocycles. The topological polar surface area (TPSA) is 46.9 Å². The number of amides is 1. The summed E-state index contributed by atoms with van der Waals surface area (Å²) in [5, 5.41) is 6.45. The van der Waals surface area contributed by atoms with E-state index in [0.29, 0.717) is 6.54 Å². The van der Waals surface area contributed by atoms with E-state index >= 15 is 0 Å². The third kappa shape index (κ3) is 2.44. The average molecular weight is 219 g/mol. The molecule has 1 amide bonds. The number of carbonyl (C=O) groups is 1. The van der Waals surface area contributed by atoms with Crippen LogP contribution in [0.4, 0.5) is 9.18 Å². The van der Waals surface area contributed by atoms with E-state index in [2.05, 4.69) is 10.4 Å². The molecule has 0 radical (unpaired) electrons. The molecule has 5 heteroatoms. The Bertz CT molecular complexity index is 464. The Labute approximate surface area is 91.7 Å². The molecule has 82 valence electrons. The zero-order valence-electron chi connectivity index (χ0n) is 8.43. The van der Waals surface area contributed by atoms with Crippen molar-refractivity contribution in [3.8, 4) is 0 Å². The molecule has 2 rings (SSSR count). The number of nitrogens with zero attached hydrogens (tertiary/aromatic N) is 2. The van der Waals surface area contributed by atoms with Gasteiger partial charge in [-0.25, -0.2) is 9.18 Å². The number of rotatable bonds is 2. The summed E-state index contributed by atoms with van der Waals surface area (Å²) in [6.07, 6.45) is 3.08. The highest BCUT2D eigenvalue weighted by molar-refractivity contribution is 5.75. The lowest BCUT2D eigenvalue weighted by Crippen LogP contribution is -2.28. The molecule has 4 nitrogen and oxygen atoms in total. The van der Waals surface area contributed by atoms with Crippen LogP contribution in [0.2, 0.25) is 0 Å². The van der Waals surface area contributed by atoms with Crippen molar-refractivity contribution in [2.45, 2.75) is 6.54 Å². The van der Waals surface area contributed by atoms with Crippen LogP contribution < -0.4 is 5.32 Å². The molecule has 0 aliphatic rings. The fraction of sp³-hybridized carbons (Fsp3) is 0.0909. The Kier molecular flexibility index (Phi) is 2.95. The van der Waals surface area contributed by atoms with E-state index in [0.717, 1.165) is 5.56 Å². The van der Waals surface area contributed by atoms with Crippen LogP contribution in [0.1, 0.15) is 5.56 Å². The van der Waals surface area contributed by atoms with Crippen LogP contribution in [0.25, 0.3) is 0 Å². The molecule has 0 aliphatic heterocycles. The number of hydrogen-bond donors (Lipinski definition) is 1. The lowest BCUT2D eigenvalue weighted by molar-refractivity contribution is 0.239. The van der Waals surface area contributed by atoms with Gasteiger partial charge >= 0.3 is 6.03 Å². The van der Waals surface area contributed by atoms with Crippen molar-refractivity contribution in [3.63, 3.8) is 0 Å². The van der Waals surface area contributed by atoms with Gasteiger partial charge in [0.2, 0.25) is 0 Å². The lowest BCUT2D eigenvalue weighted by Gasteiger charge is -2.04. The highest BCUT2D eigenvalue weighted by atomic mass is 19.1. The third-order valence-electron chi connectivity index (χ3n) is 2.07. The van der Waals surface area contributed by atoms with Gasteiger partial charge in [-0.15, -0.1) is 0 Å². The molecule has 2 aromatic rings. The summed E-state index contributed by atoms with van der Waals surface area (Å²) in [6.45, 7) is 0.346. The Hall–Kier alpha value is -2.17. The number of halogens is 1. The van der Waals surface area contributed by atoms with Gasteiger partial charge in [0, 0.05) is 18.9 Å². The zero-order chi connectivity index (χ0) is 11.4. The second kappa shape index (κ2) is 4.57. The zero-order valence-corrected chi connectivity index (χ0v) is 8.43. The molecule has 16 heavy (non-hydrogen) atoms. The van der Waals surface area contributed by atoms with E-state index in [1.165, 1.54) is 23.0 Å². The summed E-state index contributed by atoms with van der Waals surface area (Å²) in [7, 11) is 0. The van der Waals surface area contributed by atoms with Crippen LogP contribution >= 0.6 is 0 Å². The van der Waals surface area contributed by atoms with Crippen LogP contribution in [-0.4, -0.2) is 15.8 Å². The Morgan fingerprint density at radius 3 is 2.75 bits per heavy atom. The standard InChI is InChI=1S/C11H10FN3O/c12-10-4-2-9(3-5-10)8-13-11(16)15-7-1-6-14-15/h1-7H,8H2,(H,13,16). The SMILES string of the molecule is O=C(NCc1ccc(F)cc1)n1cccn1. The highest BCUT2D eigenvalue weighted by Crippen LogP contribution is 2.02. The summed E-state index contributed by atoms with van der Waals surface area (Å²) in [4.78, 5) is 11.5. The van der Waals surface area contributed by atoms with Gasteiger partial charge in [0.15, 0.2) is 0 Å². The third-order valence-corrected chi connectivity index (χ3v) is 2.07. The fourth-order valence-electron chi connectivity index (χ4n) is 1.25. The largest absolute Gasteiger partial charge is 0.342 e. The van der Waals surface area contributed by atoms with Gasteiger partial charge in [-0.05, 0) is 23.8 Å². The maximum Gasteiger partial charge on any atom is 0.342 e. The molecule has 0 unspecified atom stereocenters. The van der Waals surface area contributed by atoms with Gasteiger partial charge in [-0.3, -0.25) is 0 Å². The summed E-state index contributed by atoms with van der Waals surface area (Å²) in [5.74, 6) is -0.290. The molecule has 1 N–H and O–H groups in total. The molecule has 0 spiro atoms. The molecule has 0 bridgehead atoms. The van der Waals surface area contributed by atoms with Gasteiger partial charge in [0.25, 0.3) is 0 Å². The van der Waals surface area contributed by atoms with Crippen LogP contribution in [0, 0.1) is 5.82 Å². The minimum atomic E-state index is -0.311. The minimum Gasteiger partial charge on any atom is -0.332 e. The summed E-state index contributed by atoms with van der Waals surface area (Å²) in [6, 6.07) is 7.31. The van der Waals surface area contributed by atoms with Crippen LogP contribution in [-0.2, 0) is 6.54 Å². The average Bonchev–Trinajstić information content (AvgIpc) is 2.81. The van der Waals surface area contributed by atoms with E-state index < -0.39 is 0 Å². The van der Waals surface area contributed by atoms with E-state index in [-0.39, 0.29) is 11.8 Å². The van der Waals surface area contributed by atoms with Crippen molar-refractivity contribution in [3.05, 3.63) is 54.1 Å². The molecule has 0 saturated heterocycles. The summed E-state index contributed by atoms with van der Waals surface area (Å²) < 4.78 is 13.8. The van der Waals surface area contributed by atoms with Gasteiger partial charge in [-0.1, -0.05) is 12.1 Å². The number of hydrogen-bond acceptors (Lipinski definition) is 2. The first-order valence-corrected chi connectivity index (χ1v) is 4.78. The van der Waals surface area contributed by atoms with Crippen molar-refractivity contribution in [1.29, 1.82) is 0 Å². The Morgan fingerprint density at radius 2 is 2.12 bits per heavy atom. The van der Waals surface area contributed by atoms with Gasteiger partial charge in [-0.2, -0.15) is 9.78 Å². The van der Waals surface area contributed by atoms with Crippen molar-refractivity contribution < 1.29 is 9.18 Å². The second-order valence-corrected chi connectivity index (χ2v) is 3.24. The predicted octanol–water partition coefficient (Wildman–Crippen LogP) is 1.78. The molecule has 0 fully saturated rings. The molecule has 0 aliphatic carbocycles. The normalized spacial score (nSPS) is 10.1. The van der Waals surface area contributed by atoms with Crippen molar-refractivity contribution in [2.24, 2.45) is 0 Å². The van der Waals surface area contributed by atoms with Crippen molar-refractivity contribution in [2.75, 3.05) is 0 Å². The Morgan fingerprint density at radius 1 is 1.38 bits per heavy atom. The molecule has 1 aromatic carbocycles. The first-order chi connectivity index (χ1) is 7.75. The maximum absolute atomic E-state index is 12.6. The van der Waals surface area contributed by atoms with Crippen LogP contribution in [0.5, 0.6) is 0 Å². The highest BCUT2D eigenvalue weighted by Gasteiger charge is 2.02. The van der Waals surface area contributed by atoms with E-state index in [1.54, 1.807) is 24.4 Å². The minimum absolute atomic E-state index is 0.290. The van der Waals surface area contributed by atoms with E-state index in [9.17, 15) is 9.18 Å². The first-order valence-electron chi connectivity index (χ1n) is 4.78. The fourth-order valence-corrected chi connectivity index (χ4v) is 1.25. The van der Waals surface area contributed by atoms with Crippen LogP contribution in [0.15, 0.2) is 42.7 Å². The molecular formula is C11H10FN3O. The quantitative estimate of drug-likeness (QED) is 0.836. The maximum atomic E-state index is 12.6. The van der Waals surface area contributed by atoms with Gasteiger partial charge in [0.05, 0.1) is 0 Å². The Balaban J connectivity index is 1.93. The van der Waals surface area contributed by atoms with Gasteiger partial charge in [0.1, 0.15) is 5.82 Å². The summed E-state index contributed by atoms with van der Waals surface area (Å²) in [5.41, 5.74) is 0.835. The number of benzene rings is 1. The summed E-state index contributed by atoms with van der Waals surface area (Å²) >= 11 is 0. The number of nitrogens with one attached hydrogen (secondary N) is 1. The molecule has 0 atom stereocenters. The van der Waals surface area contributed by atoms with Gasteiger partial charge < -0.3 is 5.32 Å². The number of aromatic nitrogens is 2. The lowest BCUT2D eigenvalue weighted by atomic mass is 10.2. The number of carbonyl (C=O) groups excluding carboxylic acids is 1. The smallest absolute Gasteiger partial charge is 0.332 e. The van der Waals surface area contributed by atoms with E-state index in [1.807, 2.05) is 0 Å². The van der Waals surface area contributed by atoms with Crippen LogP contribution in [0.3, 0.4) is 0 Å². The monoisotopic (exact) mass is 219 g/mol. The predicted molar refractivity (Wildman–Crippen MR) is 56.3 cm³/mol. The molecule has 1 aromatic heterocycles. The van der Waals surface area contributed by atoms with E-state index in [4.69, 9.17) is 0 Å². The van der Waals surface area contributed by atoms with Crippen molar-refractivity contribution in [1.82, 2.24) is 15.1 Å². The van der Waals surface area contributed by atoms with Crippen molar-refractivity contribution >= 4 is 6.03 Å².